The van der Waals surface area contributed by atoms with E-state index in [1.807, 2.05) is 0 Å². The highest BCUT2D eigenvalue weighted by Crippen LogP contribution is 2.25. The molecular formula is C17H27F3N2O3. The maximum absolute atomic E-state index is 13.1. The summed E-state index contributed by atoms with van der Waals surface area (Å²) in [7, 11) is 0. The number of halogens is 3. The van der Waals surface area contributed by atoms with Gasteiger partial charge in [-0.1, -0.05) is 33.6 Å². The topological polar surface area (TPSA) is 66.5 Å². The van der Waals surface area contributed by atoms with Crippen LogP contribution in [0.15, 0.2) is 0 Å². The first-order chi connectivity index (χ1) is 11.6. The van der Waals surface area contributed by atoms with Gasteiger partial charge in [0.25, 0.3) is 0 Å². The first kappa shape index (κ1) is 21.6. The van der Waals surface area contributed by atoms with Gasteiger partial charge in [-0.2, -0.15) is 13.2 Å². The number of rotatable bonds is 10. The fourth-order valence-corrected chi connectivity index (χ4v) is 2.84. The number of imide groups is 1. The Balaban J connectivity index is 2.41. The van der Waals surface area contributed by atoms with Crippen LogP contribution in [-0.4, -0.2) is 47.8 Å². The molecule has 2 amide bonds. The Morgan fingerprint density at radius 2 is 1.88 bits per heavy atom. The summed E-state index contributed by atoms with van der Waals surface area (Å²) >= 11 is 0. The molecular weight excluding hydrogens is 337 g/mol. The molecule has 0 saturated carbocycles. The van der Waals surface area contributed by atoms with Crippen LogP contribution in [0.4, 0.5) is 13.2 Å². The van der Waals surface area contributed by atoms with Crippen molar-refractivity contribution in [3.8, 4) is 0 Å². The summed E-state index contributed by atoms with van der Waals surface area (Å²) in [6, 6.07) is -2.58. The molecule has 0 aromatic heterocycles. The fraction of sp³-hybridized carbons (Fsp3) is 0.824. The molecule has 8 heteroatoms. The Bertz CT molecular complexity index is 480. The van der Waals surface area contributed by atoms with Crippen LogP contribution in [0.5, 0.6) is 0 Å². The van der Waals surface area contributed by atoms with E-state index in [-0.39, 0.29) is 43.0 Å². The Morgan fingerprint density at radius 1 is 1.24 bits per heavy atom. The zero-order valence-corrected chi connectivity index (χ0v) is 14.9. The van der Waals surface area contributed by atoms with Crippen molar-refractivity contribution in [2.24, 2.45) is 11.8 Å². The number of nitrogens with zero attached hydrogens (tertiary/aromatic N) is 1. The van der Waals surface area contributed by atoms with Crippen molar-refractivity contribution in [2.75, 3.05) is 6.54 Å². The van der Waals surface area contributed by atoms with E-state index in [2.05, 4.69) is 5.32 Å². The van der Waals surface area contributed by atoms with Gasteiger partial charge in [-0.05, 0) is 18.8 Å². The SMILES string of the molecule is CC1CC(=O)N(CCCCCC(NC(C=O)C(C)C)C(F)(F)F)C1=O. The van der Waals surface area contributed by atoms with Crippen molar-refractivity contribution in [1.29, 1.82) is 0 Å². The standard InChI is InChI=1S/C17H27F3N2O3/c1-11(2)13(10-23)21-14(17(18,19)20)7-5-4-6-8-22-15(24)9-12(3)16(22)25/h10-14,21H,4-9H2,1-3H3. The van der Waals surface area contributed by atoms with Crippen LogP contribution in [-0.2, 0) is 14.4 Å². The molecule has 1 saturated heterocycles. The van der Waals surface area contributed by atoms with E-state index in [0.29, 0.717) is 25.5 Å². The minimum atomic E-state index is -4.42. The van der Waals surface area contributed by atoms with E-state index < -0.39 is 18.3 Å². The van der Waals surface area contributed by atoms with Crippen LogP contribution in [0.25, 0.3) is 0 Å². The lowest BCUT2D eigenvalue weighted by molar-refractivity contribution is -0.160. The second kappa shape index (κ2) is 9.31. The molecule has 0 bridgehead atoms. The number of amides is 2. The minimum Gasteiger partial charge on any atom is -0.302 e. The number of alkyl halides is 3. The number of nitrogens with one attached hydrogen (secondary N) is 1. The summed E-state index contributed by atoms with van der Waals surface area (Å²) in [5, 5.41) is 2.38. The average molecular weight is 364 g/mol. The van der Waals surface area contributed by atoms with E-state index in [9.17, 15) is 27.6 Å². The Hall–Kier alpha value is -1.44. The van der Waals surface area contributed by atoms with Gasteiger partial charge in [0.1, 0.15) is 12.3 Å². The molecule has 3 atom stereocenters. The van der Waals surface area contributed by atoms with Crippen molar-refractivity contribution in [1.82, 2.24) is 10.2 Å². The van der Waals surface area contributed by atoms with Gasteiger partial charge < -0.3 is 4.79 Å². The fourth-order valence-electron chi connectivity index (χ4n) is 2.84. The second-order valence-electron chi connectivity index (χ2n) is 7.00. The highest BCUT2D eigenvalue weighted by atomic mass is 19.4. The number of hydrogen-bond acceptors (Lipinski definition) is 4. The van der Waals surface area contributed by atoms with Crippen molar-refractivity contribution < 1.29 is 27.6 Å². The largest absolute Gasteiger partial charge is 0.403 e. The summed E-state index contributed by atoms with van der Waals surface area (Å²) in [5.41, 5.74) is 0. The number of likely N-dealkylation sites (tertiary alicyclic amines) is 1. The number of aldehydes is 1. The van der Waals surface area contributed by atoms with Crippen molar-refractivity contribution >= 4 is 18.1 Å². The molecule has 0 radical (unpaired) electrons. The van der Waals surface area contributed by atoms with E-state index in [0.717, 1.165) is 0 Å². The number of unbranched alkanes of at least 4 members (excludes halogenated alkanes) is 2. The average Bonchev–Trinajstić information content (AvgIpc) is 2.74. The van der Waals surface area contributed by atoms with Crippen molar-refractivity contribution in [2.45, 2.75) is 71.1 Å². The first-order valence-electron chi connectivity index (χ1n) is 8.70. The van der Waals surface area contributed by atoms with Crippen molar-refractivity contribution in [3.63, 3.8) is 0 Å². The van der Waals surface area contributed by atoms with Crippen LogP contribution in [0.2, 0.25) is 0 Å². The number of carbonyl (C=O) groups excluding carboxylic acids is 3. The third-order valence-corrected chi connectivity index (χ3v) is 4.50. The van der Waals surface area contributed by atoms with Gasteiger partial charge in [0.2, 0.25) is 11.8 Å². The first-order valence-corrected chi connectivity index (χ1v) is 8.70. The lowest BCUT2D eigenvalue weighted by Crippen LogP contribution is -2.49. The predicted octanol–water partition coefficient (Wildman–Crippen LogP) is 2.69. The Kier molecular flexibility index (Phi) is 8.05. The van der Waals surface area contributed by atoms with E-state index in [1.54, 1.807) is 20.8 Å². The van der Waals surface area contributed by atoms with Gasteiger partial charge in [-0.15, -0.1) is 0 Å². The third-order valence-electron chi connectivity index (χ3n) is 4.50. The minimum absolute atomic E-state index is 0.140. The molecule has 25 heavy (non-hydrogen) atoms. The maximum Gasteiger partial charge on any atom is 0.403 e. The molecule has 1 aliphatic rings. The molecule has 1 heterocycles. The quantitative estimate of drug-likeness (QED) is 0.368. The third kappa shape index (κ3) is 6.41. The van der Waals surface area contributed by atoms with E-state index in [4.69, 9.17) is 0 Å². The number of hydrogen-bond donors (Lipinski definition) is 1. The molecule has 1 N–H and O–H groups in total. The molecule has 3 unspecified atom stereocenters. The monoisotopic (exact) mass is 364 g/mol. The second-order valence-corrected chi connectivity index (χ2v) is 7.00. The van der Waals surface area contributed by atoms with Crippen LogP contribution in [0.1, 0.15) is 52.9 Å². The summed E-state index contributed by atoms with van der Waals surface area (Å²) in [6.07, 6.45) is -2.59. The molecule has 0 spiro atoms. The Labute approximate surface area is 146 Å². The van der Waals surface area contributed by atoms with E-state index >= 15 is 0 Å². The van der Waals surface area contributed by atoms with Crippen molar-refractivity contribution in [3.05, 3.63) is 0 Å². The van der Waals surface area contributed by atoms with E-state index in [1.165, 1.54) is 4.90 Å². The molecule has 1 fully saturated rings. The smallest absolute Gasteiger partial charge is 0.302 e. The van der Waals surface area contributed by atoms with Crippen LogP contribution < -0.4 is 5.32 Å². The Morgan fingerprint density at radius 3 is 2.32 bits per heavy atom. The molecule has 0 aromatic carbocycles. The summed E-state index contributed by atoms with van der Waals surface area (Å²) in [6.45, 7) is 5.32. The predicted molar refractivity (Wildman–Crippen MR) is 86.6 cm³/mol. The van der Waals surface area contributed by atoms with Crippen LogP contribution >= 0.6 is 0 Å². The maximum atomic E-state index is 13.1. The molecule has 5 nitrogen and oxygen atoms in total. The molecule has 0 aliphatic carbocycles. The normalized spacial score (nSPS) is 21.1. The number of carbonyl (C=O) groups is 3. The zero-order chi connectivity index (χ0) is 19.2. The van der Waals surface area contributed by atoms with Gasteiger partial charge in [-0.3, -0.25) is 19.8 Å². The molecule has 1 aliphatic heterocycles. The van der Waals surface area contributed by atoms with Crippen LogP contribution in [0.3, 0.4) is 0 Å². The van der Waals surface area contributed by atoms with Gasteiger partial charge in [0, 0.05) is 18.9 Å². The highest BCUT2D eigenvalue weighted by molar-refractivity contribution is 6.03. The highest BCUT2D eigenvalue weighted by Gasteiger charge is 2.40. The van der Waals surface area contributed by atoms with Gasteiger partial charge >= 0.3 is 6.18 Å². The summed E-state index contributed by atoms with van der Waals surface area (Å²) < 4.78 is 39.3. The van der Waals surface area contributed by atoms with Crippen LogP contribution in [0, 0.1) is 11.8 Å². The molecule has 144 valence electrons. The zero-order valence-electron chi connectivity index (χ0n) is 14.9. The summed E-state index contributed by atoms with van der Waals surface area (Å²) in [4.78, 5) is 35.5. The molecule has 0 aromatic rings. The summed E-state index contributed by atoms with van der Waals surface area (Å²) in [5.74, 6) is -0.942. The lowest BCUT2D eigenvalue weighted by atomic mass is 10.0. The lowest BCUT2D eigenvalue weighted by Gasteiger charge is -2.26. The van der Waals surface area contributed by atoms with Gasteiger partial charge in [0.05, 0.1) is 6.04 Å². The molecule has 1 rings (SSSR count). The van der Waals surface area contributed by atoms with Gasteiger partial charge in [-0.25, -0.2) is 0 Å². The van der Waals surface area contributed by atoms with Gasteiger partial charge in [0.15, 0.2) is 0 Å².